The molecule has 4 aromatic rings. The molecule has 166 valence electrons. The molecule has 0 N–H and O–H groups in total. The van der Waals surface area contributed by atoms with E-state index in [2.05, 4.69) is 25.7 Å². The molecule has 0 atom stereocenters. The van der Waals surface area contributed by atoms with Crippen LogP contribution in [0.5, 0.6) is 5.75 Å². The first-order chi connectivity index (χ1) is 15.7. The van der Waals surface area contributed by atoms with Crippen molar-refractivity contribution in [3.63, 3.8) is 0 Å². The van der Waals surface area contributed by atoms with Crippen molar-refractivity contribution in [1.29, 1.82) is 0 Å². The Hall–Kier alpha value is -3.25. The summed E-state index contributed by atoms with van der Waals surface area (Å²) in [5.74, 6) is 1.74. The Labute approximate surface area is 192 Å². The smallest absolute Gasteiger partial charge is 0.257 e. The molecule has 10 nitrogen and oxygen atoms in total. The number of thioether (sulfide) groups is 1. The van der Waals surface area contributed by atoms with Gasteiger partial charge in [-0.25, -0.2) is 0 Å². The van der Waals surface area contributed by atoms with E-state index >= 15 is 0 Å². The highest BCUT2D eigenvalue weighted by Gasteiger charge is 2.19. The number of nitrogens with zero attached hydrogens (tertiary/aromatic N) is 7. The largest absolute Gasteiger partial charge is 0.497 e. The SMILES string of the molecule is CCCN(Cc1nnc(-c2cccs2)o1)C(=O)CSc1nnnn1-c1ccc(OC)cc1. The summed E-state index contributed by atoms with van der Waals surface area (Å²) >= 11 is 2.80. The monoisotopic (exact) mass is 471 g/mol. The Balaban J connectivity index is 1.40. The molecule has 1 aromatic carbocycles. The van der Waals surface area contributed by atoms with Gasteiger partial charge in [-0.05, 0) is 52.6 Å². The van der Waals surface area contributed by atoms with Crippen molar-refractivity contribution in [2.45, 2.75) is 25.0 Å². The van der Waals surface area contributed by atoms with E-state index in [1.54, 1.807) is 16.7 Å². The number of carbonyl (C=O) groups excluding carboxylic acids is 1. The third-order valence-corrected chi connectivity index (χ3v) is 6.22. The molecule has 0 aliphatic heterocycles. The Bertz CT molecular complexity index is 1140. The van der Waals surface area contributed by atoms with Crippen molar-refractivity contribution in [2.24, 2.45) is 0 Å². The zero-order valence-electron chi connectivity index (χ0n) is 17.5. The van der Waals surface area contributed by atoms with Crippen LogP contribution in [0.15, 0.2) is 51.4 Å². The summed E-state index contributed by atoms with van der Waals surface area (Å²) in [7, 11) is 1.61. The lowest BCUT2D eigenvalue weighted by atomic mass is 10.3. The van der Waals surface area contributed by atoms with Gasteiger partial charge in [0.15, 0.2) is 0 Å². The Morgan fingerprint density at radius 1 is 1.22 bits per heavy atom. The Morgan fingerprint density at radius 3 is 2.78 bits per heavy atom. The quantitative estimate of drug-likeness (QED) is 0.321. The van der Waals surface area contributed by atoms with Gasteiger partial charge in [-0.1, -0.05) is 24.8 Å². The van der Waals surface area contributed by atoms with Gasteiger partial charge >= 0.3 is 0 Å². The van der Waals surface area contributed by atoms with Gasteiger partial charge in [-0.3, -0.25) is 4.79 Å². The van der Waals surface area contributed by atoms with Gasteiger partial charge in [-0.2, -0.15) is 4.68 Å². The number of thiophene rings is 1. The number of aromatic nitrogens is 6. The highest BCUT2D eigenvalue weighted by Crippen LogP contribution is 2.24. The molecule has 0 fully saturated rings. The molecule has 0 bridgehead atoms. The second kappa shape index (κ2) is 10.4. The first-order valence-electron chi connectivity index (χ1n) is 9.87. The van der Waals surface area contributed by atoms with Crippen LogP contribution in [0.1, 0.15) is 19.2 Å². The van der Waals surface area contributed by atoms with Crippen LogP contribution in [0.4, 0.5) is 0 Å². The molecule has 0 spiro atoms. The highest BCUT2D eigenvalue weighted by atomic mass is 32.2. The van der Waals surface area contributed by atoms with Gasteiger partial charge in [0, 0.05) is 6.54 Å². The number of rotatable bonds is 10. The molecule has 0 unspecified atom stereocenters. The van der Waals surface area contributed by atoms with Crippen LogP contribution in [0.2, 0.25) is 0 Å². The molecule has 0 saturated heterocycles. The second-order valence-corrected chi connectivity index (χ2v) is 8.54. The lowest BCUT2D eigenvalue weighted by Crippen LogP contribution is -2.32. The van der Waals surface area contributed by atoms with Crippen LogP contribution >= 0.6 is 23.1 Å². The number of hydrogen-bond donors (Lipinski definition) is 0. The summed E-state index contributed by atoms with van der Waals surface area (Å²) in [5.41, 5.74) is 0.781. The topological polar surface area (TPSA) is 112 Å². The normalized spacial score (nSPS) is 10.9. The summed E-state index contributed by atoms with van der Waals surface area (Å²) in [6.45, 7) is 2.86. The third kappa shape index (κ3) is 5.14. The predicted octanol–water partition coefficient (Wildman–Crippen LogP) is 3.31. The Morgan fingerprint density at radius 2 is 2.06 bits per heavy atom. The van der Waals surface area contributed by atoms with Crippen LogP contribution in [0, 0.1) is 0 Å². The number of methoxy groups -OCH3 is 1. The van der Waals surface area contributed by atoms with Gasteiger partial charge < -0.3 is 14.1 Å². The van der Waals surface area contributed by atoms with E-state index < -0.39 is 0 Å². The lowest BCUT2D eigenvalue weighted by Gasteiger charge is -2.19. The van der Waals surface area contributed by atoms with Crippen LogP contribution in [0.3, 0.4) is 0 Å². The summed E-state index contributed by atoms with van der Waals surface area (Å²) in [6.07, 6.45) is 0.811. The zero-order chi connectivity index (χ0) is 22.3. The van der Waals surface area contributed by atoms with Crippen molar-refractivity contribution >= 4 is 29.0 Å². The predicted molar refractivity (Wildman–Crippen MR) is 120 cm³/mol. The molecule has 3 aromatic heterocycles. The number of ether oxygens (including phenoxy) is 1. The van der Waals surface area contributed by atoms with E-state index in [0.717, 1.165) is 22.7 Å². The van der Waals surface area contributed by atoms with E-state index in [1.807, 2.05) is 48.7 Å². The lowest BCUT2D eigenvalue weighted by molar-refractivity contribution is -0.129. The fourth-order valence-electron chi connectivity index (χ4n) is 2.91. The number of carbonyl (C=O) groups is 1. The summed E-state index contributed by atoms with van der Waals surface area (Å²) in [5, 5.41) is 22.5. The zero-order valence-corrected chi connectivity index (χ0v) is 19.2. The molecule has 0 aliphatic carbocycles. The minimum atomic E-state index is -0.0583. The molecule has 4 rings (SSSR count). The number of benzene rings is 1. The van der Waals surface area contributed by atoms with Gasteiger partial charge in [-0.15, -0.1) is 26.6 Å². The third-order valence-electron chi connectivity index (χ3n) is 4.45. The minimum Gasteiger partial charge on any atom is -0.497 e. The van der Waals surface area contributed by atoms with Crippen LogP contribution in [-0.4, -0.2) is 60.6 Å². The van der Waals surface area contributed by atoms with Gasteiger partial charge in [0.25, 0.3) is 5.89 Å². The molecule has 3 heterocycles. The van der Waals surface area contributed by atoms with Crippen LogP contribution in [-0.2, 0) is 11.3 Å². The van der Waals surface area contributed by atoms with Crippen LogP contribution in [0.25, 0.3) is 16.5 Å². The molecule has 0 saturated carbocycles. The maximum atomic E-state index is 12.9. The van der Waals surface area contributed by atoms with Crippen molar-refractivity contribution in [1.82, 2.24) is 35.3 Å². The second-order valence-electron chi connectivity index (χ2n) is 6.65. The van der Waals surface area contributed by atoms with Gasteiger partial charge in [0.2, 0.25) is 17.0 Å². The Kier molecular flexibility index (Phi) is 7.12. The number of hydrogen-bond acceptors (Lipinski definition) is 10. The summed E-state index contributed by atoms with van der Waals surface area (Å²) in [4.78, 5) is 15.5. The van der Waals surface area contributed by atoms with Gasteiger partial charge in [0.05, 0.1) is 30.0 Å². The van der Waals surface area contributed by atoms with E-state index in [-0.39, 0.29) is 18.2 Å². The molecular weight excluding hydrogens is 450 g/mol. The first-order valence-corrected chi connectivity index (χ1v) is 11.7. The molecule has 0 aliphatic rings. The van der Waals surface area contributed by atoms with Crippen molar-refractivity contribution in [3.05, 3.63) is 47.7 Å². The van der Waals surface area contributed by atoms with Crippen molar-refractivity contribution in [2.75, 3.05) is 19.4 Å². The van der Waals surface area contributed by atoms with Crippen molar-refractivity contribution < 1.29 is 13.9 Å². The fourth-order valence-corrected chi connectivity index (χ4v) is 4.35. The maximum Gasteiger partial charge on any atom is 0.257 e. The molecule has 1 amide bonds. The summed E-state index contributed by atoms with van der Waals surface area (Å²) in [6, 6.07) is 11.2. The summed E-state index contributed by atoms with van der Waals surface area (Å²) < 4.78 is 12.5. The average Bonchev–Trinajstić information content (AvgIpc) is 3.59. The van der Waals surface area contributed by atoms with E-state index in [4.69, 9.17) is 9.15 Å². The molecule has 0 radical (unpaired) electrons. The van der Waals surface area contributed by atoms with E-state index in [1.165, 1.54) is 23.1 Å². The molecular formula is C20H21N7O3S2. The van der Waals surface area contributed by atoms with E-state index in [9.17, 15) is 4.79 Å². The van der Waals surface area contributed by atoms with Crippen molar-refractivity contribution in [3.8, 4) is 22.2 Å². The standard InChI is InChI=1S/C20H21N7O3S2/c1-3-10-26(12-17-21-22-19(30-17)16-5-4-11-31-16)18(28)13-32-20-23-24-25-27(20)14-6-8-15(29-2)9-7-14/h4-9,11H,3,10,12-13H2,1-2H3. The highest BCUT2D eigenvalue weighted by molar-refractivity contribution is 7.99. The minimum absolute atomic E-state index is 0.0583. The van der Waals surface area contributed by atoms with Crippen LogP contribution < -0.4 is 4.74 Å². The van der Waals surface area contributed by atoms with E-state index in [0.29, 0.717) is 23.5 Å². The molecule has 32 heavy (non-hydrogen) atoms. The first kappa shape index (κ1) is 22.0. The maximum absolute atomic E-state index is 12.9. The number of amides is 1. The fraction of sp³-hybridized carbons (Fsp3) is 0.300. The number of tetrazole rings is 1. The molecule has 12 heteroatoms. The average molecular weight is 472 g/mol. The van der Waals surface area contributed by atoms with Gasteiger partial charge in [0.1, 0.15) is 5.75 Å².